The largest absolute Gasteiger partial charge is 0.288 e. The Morgan fingerprint density at radius 3 is 1.74 bits per heavy atom. The van der Waals surface area contributed by atoms with E-state index in [9.17, 15) is 13.2 Å². The molecule has 136 valence electrons. The van der Waals surface area contributed by atoms with Gasteiger partial charge in [0.05, 0.1) is 4.90 Å². The third kappa shape index (κ3) is 4.20. The SMILES string of the molecule is Cc1ccc(S(=O)(=O)/C(C(=O)c2ccccc2)=C(/I)c2ccccc2)cc1. The average molecular weight is 488 g/mol. The molecule has 0 atom stereocenters. The topological polar surface area (TPSA) is 51.2 Å². The Morgan fingerprint density at radius 1 is 0.741 bits per heavy atom. The lowest BCUT2D eigenvalue weighted by Crippen LogP contribution is -2.16. The van der Waals surface area contributed by atoms with Crippen LogP contribution >= 0.6 is 22.6 Å². The minimum atomic E-state index is -3.99. The lowest BCUT2D eigenvalue weighted by Gasteiger charge is -2.12. The molecule has 0 bridgehead atoms. The van der Waals surface area contributed by atoms with Crippen LogP contribution in [0, 0.1) is 6.92 Å². The standard InChI is InChI=1S/C22H17IO3S/c1-16-12-14-19(15-13-16)27(25,26)22(20(23)17-8-4-2-5-9-17)21(24)18-10-6-3-7-11-18/h2-15H,1H3/b22-20+. The van der Waals surface area contributed by atoms with E-state index in [0.29, 0.717) is 14.7 Å². The highest BCUT2D eigenvalue weighted by atomic mass is 127. The molecule has 0 aromatic heterocycles. The van der Waals surface area contributed by atoms with E-state index in [4.69, 9.17) is 0 Å². The number of hydrogen-bond acceptors (Lipinski definition) is 3. The molecule has 0 unspecified atom stereocenters. The van der Waals surface area contributed by atoms with Gasteiger partial charge in [-0.25, -0.2) is 8.42 Å². The Hall–Kier alpha value is -2.25. The maximum Gasteiger partial charge on any atom is 0.211 e. The van der Waals surface area contributed by atoms with E-state index in [2.05, 4.69) is 0 Å². The first-order valence-corrected chi connectivity index (χ1v) is 10.8. The fourth-order valence-corrected chi connectivity index (χ4v) is 5.53. The van der Waals surface area contributed by atoms with Crippen molar-refractivity contribution in [3.63, 3.8) is 0 Å². The van der Waals surface area contributed by atoms with Crippen molar-refractivity contribution in [2.24, 2.45) is 0 Å². The van der Waals surface area contributed by atoms with E-state index < -0.39 is 15.6 Å². The van der Waals surface area contributed by atoms with Crippen molar-refractivity contribution >= 4 is 41.8 Å². The maximum absolute atomic E-state index is 13.4. The number of sulfone groups is 1. The second kappa shape index (κ2) is 8.19. The monoisotopic (exact) mass is 488 g/mol. The highest BCUT2D eigenvalue weighted by molar-refractivity contribution is 14.1. The van der Waals surface area contributed by atoms with Gasteiger partial charge in [0.1, 0.15) is 4.91 Å². The summed E-state index contributed by atoms with van der Waals surface area (Å²) in [6.45, 7) is 1.88. The van der Waals surface area contributed by atoms with Crippen LogP contribution in [0.15, 0.2) is 94.7 Å². The summed E-state index contributed by atoms with van der Waals surface area (Å²) < 4.78 is 27.2. The van der Waals surface area contributed by atoms with Gasteiger partial charge in [-0.15, -0.1) is 0 Å². The van der Waals surface area contributed by atoms with Crippen LogP contribution in [0.25, 0.3) is 3.58 Å². The Labute approximate surface area is 172 Å². The number of carbonyl (C=O) groups is 1. The van der Waals surface area contributed by atoms with Crippen molar-refractivity contribution in [2.75, 3.05) is 0 Å². The van der Waals surface area contributed by atoms with Gasteiger partial charge in [0.2, 0.25) is 15.6 Å². The van der Waals surface area contributed by atoms with Gasteiger partial charge in [-0.2, -0.15) is 0 Å². The zero-order chi connectivity index (χ0) is 19.4. The first-order chi connectivity index (χ1) is 12.9. The lowest BCUT2D eigenvalue weighted by molar-refractivity contribution is 0.104. The van der Waals surface area contributed by atoms with Gasteiger partial charge in [0.25, 0.3) is 0 Å². The highest BCUT2D eigenvalue weighted by Gasteiger charge is 2.31. The predicted octanol–water partition coefficient (Wildman–Crippen LogP) is 5.46. The molecule has 0 aliphatic carbocycles. The quantitative estimate of drug-likeness (QED) is 0.273. The number of rotatable bonds is 5. The molecular weight excluding hydrogens is 471 g/mol. The molecule has 27 heavy (non-hydrogen) atoms. The number of aryl methyl sites for hydroxylation is 1. The van der Waals surface area contributed by atoms with Crippen molar-refractivity contribution in [3.05, 3.63) is 107 Å². The Morgan fingerprint density at radius 2 is 1.22 bits per heavy atom. The normalized spacial score (nSPS) is 12.4. The molecule has 0 fully saturated rings. The van der Waals surface area contributed by atoms with Gasteiger partial charge in [-0.1, -0.05) is 78.4 Å². The van der Waals surface area contributed by atoms with E-state index in [1.165, 1.54) is 12.1 Å². The molecule has 0 amide bonds. The van der Waals surface area contributed by atoms with Crippen molar-refractivity contribution in [3.8, 4) is 0 Å². The molecule has 5 heteroatoms. The summed E-state index contributed by atoms with van der Waals surface area (Å²) in [4.78, 5) is 13.1. The Bertz CT molecular complexity index is 1090. The molecule has 3 nitrogen and oxygen atoms in total. The fraction of sp³-hybridized carbons (Fsp3) is 0.0455. The van der Waals surface area contributed by atoms with Crippen molar-refractivity contribution < 1.29 is 13.2 Å². The van der Waals surface area contributed by atoms with Crippen molar-refractivity contribution in [1.29, 1.82) is 0 Å². The highest BCUT2D eigenvalue weighted by Crippen LogP contribution is 2.34. The van der Waals surface area contributed by atoms with Crippen LogP contribution in [0.5, 0.6) is 0 Å². The van der Waals surface area contributed by atoms with Crippen LogP contribution in [0.1, 0.15) is 21.5 Å². The molecule has 0 radical (unpaired) electrons. The summed E-state index contributed by atoms with van der Waals surface area (Å²) in [7, 11) is -3.99. The molecule has 3 rings (SSSR count). The molecule has 3 aromatic rings. The maximum atomic E-state index is 13.4. The second-order valence-corrected chi connectivity index (χ2v) is 8.99. The van der Waals surface area contributed by atoms with Gasteiger partial charge >= 0.3 is 0 Å². The predicted molar refractivity (Wildman–Crippen MR) is 117 cm³/mol. The number of hydrogen-bond donors (Lipinski definition) is 0. The molecule has 0 spiro atoms. The van der Waals surface area contributed by atoms with E-state index in [1.54, 1.807) is 54.6 Å². The van der Waals surface area contributed by atoms with Gasteiger partial charge < -0.3 is 0 Å². The molecule has 0 saturated carbocycles. The zero-order valence-electron chi connectivity index (χ0n) is 14.6. The zero-order valence-corrected chi connectivity index (χ0v) is 17.6. The summed E-state index contributed by atoms with van der Waals surface area (Å²) in [5, 5.41) is 0. The molecule has 3 aromatic carbocycles. The van der Waals surface area contributed by atoms with Gasteiger partial charge in [-0.3, -0.25) is 4.79 Å². The first kappa shape index (κ1) is 19.5. The van der Waals surface area contributed by atoms with Crippen LogP contribution < -0.4 is 0 Å². The van der Waals surface area contributed by atoms with Crippen LogP contribution in [0.3, 0.4) is 0 Å². The van der Waals surface area contributed by atoms with Gasteiger partial charge in [-0.05, 0) is 47.2 Å². The number of ketones is 1. The number of halogens is 1. The summed E-state index contributed by atoms with van der Waals surface area (Å²) >= 11 is 1.95. The van der Waals surface area contributed by atoms with Crippen molar-refractivity contribution in [1.82, 2.24) is 0 Å². The molecule has 0 heterocycles. The van der Waals surface area contributed by atoms with E-state index in [-0.39, 0.29) is 9.80 Å². The average Bonchev–Trinajstić information content (AvgIpc) is 2.69. The number of allylic oxidation sites excluding steroid dienone is 1. The Kier molecular flexibility index (Phi) is 5.92. The van der Waals surface area contributed by atoms with Gasteiger partial charge in [0, 0.05) is 9.14 Å². The molecule has 0 aliphatic rings. The number of Topliss-reactive ketones (excluding diaryl/α,β-unsaturated/α-hetero) is 1. The minimum Gasteiger partial charge on any atom is -0.288 e. The van der Waals surface area contributed by atoms with Gasteiger partial charge in [0.15, 0.2) is 0 Å². The second-order valence-electron chi connectivity index (χ2n) is 6.02. The Balaban J connectivity index is 2.25. The van der Waals surface area contributed by atoms with E-state index in [1.807, 2.05) is 47.7 Å². The first-order valence-electron chi connectivity index (χ1n) is 8.28. The van der Waals surface area contributed by atoms with Crippen LogP contribution in [0.2, 0.25) is 0 Å². The summed E-state index contributed by atoms with van der Waals surface area (Å²) in [5.41, 5.74) is 1.98. The van der Waals surface area contributed by atoms with Crippen LogP contribution in [-0.2, 0) is 9.84 Å². The summed E-state index contributed by atoms with van der Waals surface area (Å²) in [6.07, 6.45) is 0. The molecular formula is C22H17IO3S. The summed E-state index contributed by atoms with van der Waals surface area (Å²) in [5.74, 6) is -0.510. The van der Waals surface area contributed by atoms with E-state index in [0.717, 1.165) is 5.56 Å². The van der Waals surface area contributed by atoms with E-state index >= 15 is 0 Å². The smallest absolute Gasteiger partial charge is 0.211 e. The third-order valence-corrected chi connectivity index (χ3v) is 7.42. The van der Waals surface area contributed by atoms with Crippen LogP contribution in [-0.4, -0.2) is 14.2 Å². The molecule has 0 N–H and O–H groups in total. The number of benzene rings is 3. The third-order valence-electron chi connectivity index (χ3n) is 4.07. The fourth-order valence-electron chi connectivity index (χ4n) is 2.61. The minimum absolute atomic E-state index is 0.109. The lowest BCUT2D eigenvalue weighted by atomic mass is 10.1. The summed E-state index contributed by atoms with van der Waals surface area (Å²) in [6, 6.07) is 24.1. The molecule has 0 saturated heterocycles. The number of carbonyl (C=O) groups excluding carboxylic acids is 1. The van der Waals surface area contributed by atoms with Crippen molar-refractivity contribution in [2.45, 2.75) is 11.8 Å². The molecule has 0 aliphatic heterocycles. The van der Waals surface area contributed by atoms with Crippen LogP contribution in [0.4, 0.5) is 0 Å².